The molecule has 27 heavy (non-hydrogen) atoms. The van der Waals surface area contributed by atoms with Crippen LogP contribution < -0.4 is 4.74 Å². The quantitative estimate of drug-likeness (QED) is 0.716. The second kappa shape index (κ2) is 6.08. The molecular weight excluding hydrogens is 340 g/mol. The minimum Gasteiger partial charge on any atom is -0.497 e. The monoisotopic (exact) mass is 362 g/mol. The third-order valence-electron chi connectivity index (χ3n) is 5.88. The summed E-state index contributed by atoms with van der Waals surface area (Å²) in [6.45, 7) is 1.94. The van der Waals surface area contributed by atoms with Gasteiger partial charge >= 0.3 is 0 Å². The molecule has 1 amide bonds. The van der Waals surface area contributed by atoms with Gasteiger partial charge in [-0.2, -0.15) is 5.10 Å². The molecule has 5 rings (SSSR count). The average molecular weight is 362 g/mol. The highest BCUT2D eigenvalue weighted by Gasteiger charge is 2.43. The van der Waals surface area contributed by atoms with Crippen molar-refractivity contribution in [1.29, 1.82) is 0 Å². The molecule has 0 saturated carbocycles. The van der Waals surface area contributed by atoms with Crippen molar-refractivity contribution in [2.75, 3.05) is 7.11 Å². The van der Waals surface area contributed by atoms with Gasteiger partial charge in [0.25, 0.3) is 0 Å². The van der Waals surface area contributed by atoms with Crippen LogP contribution in [0.3, 0.4) is 0 Å². The van der Waals surface area contributed by atoms with E-state index in [2.05, 4.69) is 9.88 Å². The van der Waals surface area contributed by atoms with Crippen LogP contribution in [0.1, 0.15) is 43.5 Å². The molecular formula is C21H22N4O2. The van der Waals surface area contributed by atoms with E-state index < -0.39 is 0 Å². The largest absolute Gasteiger partial charge is 0.497 e. The van der Waals surface area contributed by atoms with Gasteiger partial charge in [0, 0.05) is 42.3 Å². The van der Waals surface area contributed by atoms with E-state index in [4.69, 9.17) is 9.84 Å². The van der Waals surface area contributed by atoms with Crippen LogP contribution in [0.25, 0.3) is 16.9 Å². The van der Waals surface area contributed by atoms with E-state index in [0.29, 0.717) is 6.42 Å². The number of methoxy groups -OCH3 is 1. The molecule has 2 aliphatic rings. The molecule has 2 aliphatic heterocycles. The van der Waals surface area contributed by atoms with Gasteiger partial charge in [-0.15, -0.1) is 0 Å². The Labute approximate surface area is 157 Å². The number of aromatic nitrogens is 3. The summed E-state index contributed by atoms with van der Waals surface area (Å²) in [5.41, 5.74) is 5.15. The predicted molar refractivity (Wildman–Crippen MR) is 102 cm³/mol. The summed E-state index contributed by atoms with van der Waals surface area (Å²) in [6.07, 6.45) is 5.43. The first-order valence-electron chi connectivity index (χ1n) is 9.52. The second-order valence-corrected chi connectivity index (χ2v) is 7.29. The van der Waals surface area contributed by atoms with E-state index in [9.17, 15) is 4.79 Å². The molecule has 0 unspecified atom stereocenters. The lowest BCUT2D eigenvalue weighted by molar-refractivity contribution is -0.134. The molecule has 1 aromatic carbocycles. The topological polar surface area (TPSA) is 59.7 Å². The number of nitrogens with zero attached hydrogens (tertiary/aromatic N) is 4. The Morgan fingerprint density at radius 1 is 1.26 bits per heavy atom. The summed E-state index contributed by atoms with van der Waals surface area (Å²) >= 11 is 0. The first-order valence-corrected chi connectivity index (χ1v) is 9.52. The number of ether oxygens (including phenoxy) is 1. The van der Waals surface area contributed by atoms with Crippen molar-refractivity contribution in [2.45, 2.75) is 44.7 Å². The van der Waals surface area contributed by atoms with Crippen LogP contribution in [0.2, 0.25) is 0 Å². The molecule has 6 heteroatoms. The molecule has 6 nitrogen and oxygen atoms in total. The van der Waals surface area contributed by atoms with Gasteiger partial charge in [-0.25, -0.2) is 9.50 Å². The zero-order valence-corrected chi connectivity index (χ0v) is 15.6. The van der Waals surface area contributed by atoms with Gasteiger partial charge < -0.3 is 9.64 Å². The predicted octanol–water partition coefficient (Wildman–Crippen LogP) is 3.40. The summed E-state index contributed by atoms with van der Waals surface area (Å²) in [5, 5.41) is 4.85. The number of hydrogen-bond acceptors (Lipinski definition) is 4. The van der Waals surface area contributed by atoms with Gasteiger partial charge in [0.2, 0.25) is 5.91 Å². The standard InChI is InChI=1S/C21H22N4O2/c1-3-21(26)24-14-6-9-18(24)16-12-22-20-11-17(23-25(20)19(16)10-14)13-4-7-15(27-2)8-5-13/h4-5,7-8,11-12,14,18H,3,6,9-10H2,1-2H3/t14-,18-/m0/s1. The highest BCUT2D eigenvalue weighted by atomic mass is 16.5. The van der Waals surface area contributed by atoms with E-state index in [-0.39, 0.29) is 18.0 Å². The third kappa shape index (κ3) is 2.43. The maximum absolute atomic E-state index is 12.4. The number of hydrogen-bond donors (Lipinski definition) is 0. The summed E-state index contributed by atoms with van der Waals surface area (Å²) in [5.74, 6) is 1.07. The maximum atomic E-state index is 12.4. The SMILES string of the molecule is CCC(=O)N1[C@H]2CC[C@H]1c1cnc3cc(-c4ccc(OC)cc4)nn3c1C2. The summed E-state index contributed by atoms with van der Waals surface area (Å²) in [6, 6.07) is 10.4. The highest BCUT2D eigenvalue weighted by Crippen LogP contribution is 2.43. The smallest absolute Gasteiger partial charge is 0.223 e. The molecule has 2 atom stereocenters. The van der Waals surface area contributed by atoms with E-state index in [1.54, 1.807) is 7.11 Å². The molecule has 2 aromatic heterocycles. The Morgan fingerprint density at radius 2 is 2.07 bits per heavy atom. The Balaban J connectivity index is 1.58. The van der Waals surface area contributed by atoms with Gasteiger partial charge in [-0.1, -0.05) is 6.92 Å². The van der Waals surface area contributed by atoms with Gasteiger partial charge in [0.15, 0.2) is 5.65 Å². The molecule has 1 saturated heterocycles. The lowest BCUT2D eigenvalue weighted by atomic mass is 9.99. The molecule has 0 radical (unpaired) electrons. The van der Waals surface area contributed by atoms with Crippen LogP contribution in [-0.2, 0) is 11.2 Å². The Hall–Kier alpha value is -2.89. The van der Waals surface area contributed by atoms with Gasteiger partial charge in [0.1, 0.15) is 5.75 Å². The fraction of sp³-hybridized carbons (Fsp3) is 0.381. The van der Waals surface area contributed by atoms with E-state index in [0.717, 1.165) is 47.5 Å². The molecule has 4 heterocycles. The lowest BCUT2D eigenvalue weighted by Crippen LogP contribution is -2.42. The molecule has 2 bridgehead atoms. The average Bonchev–Trinajstić information content (AvgIpc) is 3.28. The number of amides is 1. The first kappa shape index (κ1) is 16.3. The molecule has 0 spiro atoms. The van der Waals surface area contributed by atoms with Crippen molar-refractivity contribution in [2.24, 2.45) is 0 Å². The Morgan fingerprint density at radius 3 is 2.81 bits per heavy atom. The normalized spacial score (nSPS) is 20.7. The third-order valence-corrected chi connectivity index (χ3v) is 5.88. The molecule has 3 aromatic rings. The Bertz CT molecular complexity index is 1020. The van der Waals surface area contributed by atoms with Crippen molar-refractivity contribution in [1.82, 2.24) is 19.5 Å². The number of benzene rings is 1. The van der Waals surface area contributed by atoms with Crippen LogP contribution in [-0.4, -0.2) is 38.6 Å². The van der Waals surface area contributed by atoms with Crippen molar-refractivity contribution in [3.05, 3.63) is 47.8 Å². The van der Waals surface area contributed by atoms with Crippen LogP contribution in [0.4, 0.5) is 0 Å². The van der Waals surface area contributed by atoms with Crippen molar-refractivity contribution < 1.29 is 9.53 Å². The lowest BCUT2D eigenvalue weighted by Gasteiger charge is -2.36. The minimum atomic E-state index is 0.150. The summed E-state index contributed by atoms with van der Waals surface area (Å²) in [7, 11) is 1.66. The van der Waals surface area contributed by atoms with Gasteiger partial charge in [0.05, 0.1) is 24.5 Å². The minimum absolute atomic E-state index is 0.150. The van der Waals surface area contributed by atoms with Crippen molar-refractivity contribution >= 4 is 11.6 Å². The van der Waals surface area contributed by atoms with Crippen LogP contribution in [0.5, 0.6) is 5.75 Å². The fourth-order valence-corrected chi connectivity index (χ4v) is 4.55. The van der Waals surface area contributed by atoms with Crippen LogP contribution in [0.15, 0.2) is 36.5 Å². The molecule has 0 N–H and O–H groups in total. The molecule has 1 fully saturated rings. The maximum Gasteiger partial charge on any atom is 0.223 e. The van der Waals surface area contributed by atoms with Crippen molar-refractivity contribution in [3.63, 3.8) is 0 Å². The van der Waals surface area contributed by atoms with Gasteiger partial charge in [-0.05, 0) is 37.1 Å². The van der Waals surface area contributed by atoms with Crippen molar-refractivity contribution in [3.8, 4) is 17.0 Å². The number of carbonyl (C=O) groups is 1. The number of rotatable bonds is 3. The summed E-state index contributed by atoms with van der Waals surface area (Å²) in [4.78, 5) is 19.2. The molecule has 138 valence electrons. The number of fused-ring (bicyclic) bond motifs is 6. The zero-order valence-electron chi connectivity index (χ0n) is 15.6. The zero-order chi connectivity index (χ0) is 18.5. The second-order valence-electron chi connectivity index (χ2n) is 7.29. The fourth-order valence-electron chi connectivity index (χ4n) is 4.55. The van der Waals surface area contributed by atoms with Crippen LogP contribution >= 0.6 is 0 Å². The van der Waals surface area contributed by atoms with E-state index in [1.165, 1.54) is 5.69 Å². The number of carbonyl (C=O) groups excluding carboxylic acids is 1. The van der Waals surface area contributed by atoms with Crippen LogP contribution in [0, 0.1) is 0 Å². The summed E-state index contributed by atoms with van der Waals surface area (Å²) < 4.78 is 7.22. The highest BCUT2D eigenvalue weighted by molar-refractivity contribution is 5.77. The Kier molecular flexibility index (Phi) is 3.67. The van der Waals surface area contributed by atoms with E-state index in [1.807, 2.05) is 48.0 Å². The first-order chi connectivity index (χ1) is 13.2. The van der Waals surface area contributed by atoms with E-state index >= 15 is 0 Å². The molecule has 0 aliphatic carbocycles. The van der Waals surface area contributed by atoms with Gasteiger partial charge in [-0.3, -0.25) is 4.79 Å².